The number of rotatable bonds is 10. The topological polar surface area (TPSA) is 145 Å². The van der Waals surface area contributed by atoms with E-state index >= 15 is 0 Å². The Kier molecular flexibility index (Phi) is 7.10. The van der Waals surface area contributed by atoms with Gasteiger partial charge in [0.05, 0.1) is 18.4 Å². The van der Waals surface area contributed by atoms with Gasteiger partial charge in [0.25, 0.3) is 10.0 Å². The first-order valence-corrected chi connectivity index (χ1v) is 13.8. The van der Waals surface area contributed by atoms with Crippen molar-refractivity contribution in [2.24, 2.45) is 0 Å². The second kappa shape index (κ2) is 9.91. The number of nitrogens with zero attached hydrogens (tertiary/aromatic N) is 3. The molecule has 0 saturated heterocycles. The fourth-order valence-corrected chi connectivity index (χ4v) is 6.64. The smallest absolute Gasteiger partial charge is 0.256 e. The van der Waals surface area contributed by atoms with Gasteiger partial charge >= 0.3 is 0 Å². The molecule has 0 fully saturated rings. The average Bonchev–Trinajstić information content (AvgIpc) is 3.52. The molecule has 0 amide bonds. The third-order valence-corrected chi connectivity index (χ3v) is 9.46. The lowest BCUT2D eigenvalue weighted by Crippen LogP contribution is -2.30. The highest BCUT2D eigenvalue weighted by Crippen LogP contribution is 2.42. The largest absolute Gasteiger partial charge is 0.504 e. The van der Waals surface area contributed by atoms with Crippen LogP contribution in [0.2, 0.25) is 0 Å². The van der Waals surface area contributed by atoms with Gasteiger partial charge in [-0.15, -0.1) is 11.3 Å². The Labute approximate surface area is 209 Å². The molecule has 190 valence electrons. The molecule has 0 radical (unpaired) electrons. The number of anilines is 5. The van der Waals surface area contributed by atoms with Crippen molar-refractivity contribution in [2.45, 2.75) is 51.3 Å². The van der Waals surface area contributed by atoms with Crippen LogP contribution in [0.25, 0.3) is 0 Å². The Morgan fingerprint density at radius 3 is 2.40 bits per heavy atom. The van der Waals surface area contributed by atoms with Crippen LogP contribution < -0.4 is 21.3 Å². The van der Waals surface area contributed by atoms with Gasteiger partial charge in [0.15, 0.2) is 33.2 Å². The fourth-order valence-electron chi connectivity index (χ4n) is 3.81. The third kappa shape index (κ3) is 4.75. The van der Waals surface area contributed by atoms with Crippen LogP contribution in [0.15, 0.2) is 20.1 Å². The number of sulfonamides is 1. The Bertz CT molecular complexity index is 1300. The summed E-state index contributed by atoms with van der Waals surface area (Å²) in [5, 5.41) is 25.1. The maximum Gasteiger partial charge on any atom is 0.256 e. The summed E-state index contributed by atoms with van der Waals surface area (Å²) in [6, 6.07) is 1.83. The van der Waals surface area contributed by atoms with Gasteiger partial charge in [0, 0.05) is 18.5 Å². The van der Waals surface area contributed by atoms with Crippen molar-refractivity contribution in [3.05, 3.63) is 28.5 Å². The van der Waals surface area contributed by atoms with Crippen LogP contribution in [0.1, 0.15) is 50.3 Å². The van der Waals surface area contributed by atoms with Crippen molar-refractivity contribution in [2.75, 3.05) is 41.0 Å². The average molecular weight is 522 g/mol. The first kappa shape index (κ1) is 25.1. The lowest BCUT2D eigenvalue weighted by Gasteiger charge is -2.19. The van der Waals surface area contributed by atoms with Gasteiger partial charge in [-0.25, -0.2) is 18.4 Å². The molecule has 0 spiro atoms. The van der Waals surface area contributed by atoms with E-state index in [4.69, 9.17) is 4.42 Å². The Hall–Kier alpha value is -3.03. The quantitative estimate of drug-likeness (QED) is 0.257. The van der Waals surface area contributed by atoms with E-state index in [0.717, 1.165) is 34.8 Å². The molecule has 3 aromatic rings. The highest BCUT2D eigenvalue weighted by Gasteiger charge is 2.29. The maximum atomic E-state index is 13.0. The normalized spacial score (nSPS) is 13.9. The van der Waals surface area contributed by atoms with Crippen LogP contribution in [-0.4, -0.2) is 47.6 Å². The zero-order chi connectivity index (χ0) is 25.3. The maximum absolute atomic E-state index is 13.0. The highest BCUT2D eigenvalue weighted by atomic mass is 32.2. The second-order valence-corrected chi connectivity index (χ2v) is 11.2. The molecule has 13 heteroatoms. The summed E-state index contributed by atoms with van der Waals surface area (Å²) in [6.45, 7) is 10.6. The van der Waals surface area contributed by atoms with Crippen LogP contribution in [0.3, 0.4) is 0 Å². The standard InChI is InChI=1S/C22H31N7O4S2/c1-6-14(16-9-12(4)13(5)33-16)25-20-21(28-19-18(27-20)23-11-24-19)26-15-10-34-22(17(15)30)35(31,32)29(7-2)8-3/h9-10,14,30H,6-8,11H2,1-5H3,(H2,23,25,27)(H2,24,26,28)/t14-/m1/s1. The molecule has 0 aliphatic carbocycles. The van der Waals surface area contributed by atoms with Crippen LogP contribution in [0, 0.1) is 13.8 Å². The molecule has 1 atom stereocenters. The summed E-state index contributed by atoms with van der Waals surface area (Å²) in [4.78, 5) is 9.30. The summed E-state index contributed by atoms with van der Waals surface area (Å²) >= 11 is 0.959. The van der Waals surface area contributed by atoms with Gasteiger partial charge in [-0.3, -0.25) is 0 Å². The minimum atomic E-state index is -3.81. The van der Waals surface area contributed by atoms with E-state index in [2.05, 4.69) is 31.2 Å². The first-order chi connectivity index (χ1) is 16.7. The predicted octanol–water partition coefficient (Wildman–Crippen LogP) is 4.59. The van der Waals surface area contributed by atoms with Gasteiger partial charge in [-0.2, -0.15) is 4.31 Å². The van der Waals surface area contributed by atoms with Crippen LogP contribution >= 0.6 is 11.3 Å². The predicted molar refractivity (Wildman–Crippen MR) is 138 cm³/mol. The molecule has 3 aromatic heterocycles. The van der Waals surface area contributed by atoms with E-state index in [1.54, 1.807) is 19.2 Å². The number of furan rings is 1. The van der Waals surface area contributed by atoms with Crippen LogP contribution in [0.5, 0.6) is 5.75 Å². The van der Waals surface area contributed by atoms with E-state index < -0.39 is 10.0 Å². The van der Waals surface area contributed by atoms with Crippen LogP contribution in [-0.2, 0) is 10.0 Å². The zero-order valence-corrected chi connectivity index (χ0v) is 22.0. The Balaban J connectivity index is 1.69. The molecule has 4 heterocycles. The van der Waals surface area contributed by atoms with Crippen molar-refractivity contribution in [1.29, 1.82) is 0 Å². The van der Waals surface area contributed by atoms with Gasteiger partial charge < -0.3 is 30.8 Å². The molecule has 1 aliphatic heterocycles. The molecule has 0 saturated carbocycles. The second-order valence-electron chi connectivity index (χ2n) is 8.14. The molecule has 0 aromatic carbocycles. The van der Waals surface area contributed by atoms with Crippen molar-refractivity contribution >= 4 is 50.3 Å². The van der Waals surface area contributed by atoms with Gasteiger partial charge in [-0.05, 0) is 31.9 Å². The minimum Gasteiger partial charge on any atom is -0.504 e. The molecule has 1 aliphatic rings. The minimum absolute atomic E-state index is 0.111. The lowest BCUT2D eigenvalue weighted by molar-refractivity contribution is 0.434. The number of thiophene rings is 1. The summed E-state index contributed by atoms with van der Waals surface area (Å²) in [6.07, 6.45) is 0.728. The molecule has 0 bridgehead atoms. The number of hydrogen-bond acceptors (Lipinski definition) is 11. The Morgan fingerprint density at radius 1 is 1.17 bits per heavy atom. The number of aryl methyl sites for hydroxylation is 2. The lowest BCUT2D eigenvalue weighted by atomic mass is 10.1. The molecular weight excluding hydrogens is 490 g/mol. The van der Waals surface area contributed by atoms with E-state index in [9.17, 15) is 13.5 Å². The van der Waals surface area contributed by atoms with Crippen molar-refractivity contribution < 1.29 is 17.9 Å². The SMILES string of the molecule is CC[C@@H](Nc1nc2c(nc1Nc1csc(S(=O)(=O)N(CC)CC)c1O)NCN2)c1cc(C)c(C)o1. The molecule has 0 unspecified atom stereocenters. The number of hydrogen-bond donors (Lipinski definition) is 5. The monoisotopic (exact) mass is 521 g/mol. The molecule has 5 N–H and O–H groups in total. The first-order valence-electron chi connectivity index (χ1n) is 11.5. The molecule has 4 rings (SSSR count). The van der Waals surface area contributed by atoms with Crippen molar-refractivity contribution in [3.8, 4) is 5.75 Å². The van der Waals surface area contributed by atoms with E-state index in [1.807, 2.05) is 26.8 Å². The van der Waals surface area contributed by atoms with Gasteiger partial charge in [0.1, 0.15) is 11.5 Å². The number of aromatic hydroxyl groups is 1. The third-order valence-electron chi connectivity index (χ3n) is 5.92. The summed E-state index contributed by atoms with van der Waals surface area (Å²) in [5.41, 5.74) is 1.30. The number of nitrogens with one attached hydrogen (secondary N) is 4. The number of aromatic nitrogens is 2. The van der Waals surface area contributed by atoms with Gasteiger partial charge in [-0.1, -0.05) is 20.8 Å². The van der Waals surface area contributed by atoms with E-state index in [-0.39, 0.29) is 21.7 Å². The van der Waals surface area contributed by atoms with E-state index in [0.29, 0.717) is 43.0 Å². The summed E-state index contributed by atoms with van der Waals surface area (Å²) in [7, 11) is -3.81. The summed E-state index contributed by atoms with van der Waals surface area (Å²) in [5.74, 6) is 3.24. The molecule has 35 heavy (non-hydrogen) atoms. The van der Waals surface area contributed by atoms with Crippen molar-refractivity contribution in [3.63, 3.8) is 0 Å². The Morgan fingerprint density at radius 2 is 1.83 bits per heavy atom. The molecule has 11 nitrogen and oxygen atoms in total. The van der Waals surface area contributed by atoms with Gasteiger partial charge in [0.2, 0.25) is 0 Å². The number of fused-ring (bicyclic) bond motifs is 1. The van der Waals surface area contributed by atoms with Crippen molar-refractivity contribution in [1.82, 2.24) is 14.3 Å². The van der Waals surface area contributed by atoms with E-state index in [1.165, 1.54) is 4.31 Å². The van der Waals surface area contributed by atoms with Crippen LogP contribution in [0.4, 0.5) is 29.0 Å². The summed E-state index contributed by atoms with van der Waals surface area (Å²) < 4.78 is 33.0. The fraction of sp³-hybridized carbons (Fsp3) is 0.455. The zero-order valence-electron chi connectivity index (χ0n) is 20.4. The molecular formula is C22H31N7O4S2. The highest BCUT2D eigenvalue weighted by molar-refractivity contribution is 7.91.